The minimum absolute atomic E-state index is 0.0344. The van der Waals surface area contributed by atoms with E-state index in [-0.39, 0.29) is 47.3 Å². The van der Waals surface area contributed by atoms with E-state index in [9.17, 15) is 23.1 Å². The van der Waals surface area contributed by atoms with Crippen LogP contribution in [0.3, 0.4) is 0 Å². The number of ether oxygens (including phenoxy) is 4. The summed E-state index contributed by atoms with van der Waals surface area (Å²) in [7, 11) is -4.18. The largest absolute Gasteiger partial charge is 0.493 e. The van der Waals surface area contributed by atoms with E-state index in [4.69, 9.17) is 23.9 Å². The number of carboxylic acid groups (broad SMARTS) is 1. The number of para-hydroxylation sites is 1. The minimum atomic E-state index is -4.18. The van der Waals surface area contributed by atoms with Gasteiger partial charge in [-0.2, -0.15) is 5.10 Å². The highest BCUT2D eigenvalue weighted by Crippen LogP contribution is 2.38. The summed E-state index contributed by atoms with van der Waals surface area (Å²) in [5.74, 6) is 0.311. The molecule has 0 spiro atoms. The summed E-state index contributed by atoms with van der Waals surface area (Å²) in [5.41, 5.74) is 0.975. The molecule has 0 saturated carbocycles. The van der Waals surface area contributed by atoms with Crippen molar-refractivity contribution in [1.82, 2.24) is 14.1 Å². The Kier molecular flexibility index (Phi) is 18.3. The highest BCUT2D eigenvalue weighted by Gasteiger charge is 2.41. The SMILES string of the molecule is CCCCCCCCCCCCCCCCCCN1C(C(C(=O)Nc2cc(C(C)(C)C)ccc2OCCCOc2ccc3c(c2)OCO3)n2cc(C(=O)O)cn2)=Nc2ccccc2S1(=O)=O. The van der Waals surface area contributed by atoms with Crippen LogP contribution in [-0.4, -0.2) is 71.9 Å². The van der Waals surface area contributed by atoms with Gasteiger partial charge in [0, 0.05) is 25.2 Å². The molecule has 1 unspecified atom stereocenters. The quantitative estimate of drug-likeness (QED) is 0.0522. The summed E-state index contributed by atoms with van der Waals surface area (Å²) in [6, 6.07) is 15.9. The lowest BCUT2D eigenvalue weighted by Gasteiger charge is -2.33. The Balaban J connectivity index is 1.14. The number of fused-ring (bicyclic) bond motifs is 2. The van der Waals surface area contributed by atoms with Crippen LogP contribution >= 0.6 is 0 Å². The molecule has 0 saturated heterocycles. The Hall–Kier alpha value is -5.57. The van der Waals surface area contributed by atoms with Crippen LogP contribution in [-0.2, 0) is 20.2 Å². The first kappa shape index (κ1) is 49.9. The van der Waals surface area contributed by atoms with E-state index in [0.717, 1.165) is 37.4 Å². The molecule has 0 bridgehead atoms. The van der Waals surface area contributed by atoms with Gasteiger partial charge in [0.2, 0.25) is 6.79 Å². The lowest BCUT2D eigenvalue weighted by molar-refractivity contribution is -0.117. The Morgan fingerprint density at radius 2 is 1.42 bits per heavy atom. The number of aromatic carboxylic acids is 1. The van der Waals surface area contributed by atoms with Crippen LogP contribution in [0, 0.1) is 0 Å². The van der Waals surface area contributed by atoms with Gasteiger partial charge in [0.15, 0.2) is 23.4 Å². The van der Waals surface area contributed by atoms with Crippen LogP contribution in [0.4, 0.5) is 11.4 Å². The molecule has 2 aliphatic rings. The van der Waals surface area contributed by atoms with Crippen molar-refractivity contribution in [2.45, 2.75) is 153 Å². The molecular weight excluding hydrogens is 859 g/mol. The molecule has 358 valence electrons. The molecule has 3 heterocycles. The summed E-state index contributed by atoms with van der Waals surface area (Å²) in [6.45, 7) is 9.26. The molecule has 4 aromatic rings. The van der Waals surface area contributed by atoms with Crippen molar-refractivity contribution < 1.29 is 42.1 Å². The van der Waals surface area contributed by atoms with E-state index in [0.29, 0.717) is 48.1 Å². The predicted molar refractivity (Wildman–Crippen MR) is 257 cm³/mol. The van der Waals surface area contributed by atoms with Gasteiger partial charge in [-0.05, 0) is 53.8 Å². The monoisotopic (exact) mass is 927 g/mol. The molecule has 0 aliphatic carbocycles. The smallest absolute Gasteiger partial charge is 0.338 e. The third kappa shape index (κ3) is 13.7. The number of aromatic nitrogens is 2. The van der Waals surface area contributed by atoms with Gasteiger partial charge in [-0.1, -0.05) is 142 Å². The van der Waals surface area contributed by atoms with E-state index in [1.54, 1.807) is 36.4 Å². The topological polar surface area (TPSA) is 171 Å². The standard InChI is InChI=1S/C51H69N5O9S/c1-5-6-7-8-9-10-11-12-13-14-15-16-17-18-19-22-30-56-48(53-41-24-20-21-25-46(41)66(56,60)61)47(55-36-38(35-52-55)50(58)59)49(57)54-42-33-39(51(2,3)4)26-28-43(42)63-32-23-31-62-40-27-29-44-45(34-40)65-37-64-44/h20-21,24-29,33-36,47H,5-19,22-23,30-32,37H2,1-4H3,(H,54,57)(H,58,59). The van der Waals surface area contributed by atoms with E-state index in [1.807, 2.05) is 18.2 Å². The number of nitrogens with one attached hydrogen (secondary N) is 1. The number of carbonyl (C=O) groups excluding carboxylic acids is 1. The van der Waals surface area contributed by atoms with Crippen LogP contribution in [0.2, 0.25) is 0 Å². The number of benzene rings is 3. The van der Waals surface area contributed by atoms with Gasteiger partial charge in [-0.25, -0.2) is 18.2 Å². The zero-order valence-corrected chi connectivity index (χ0v) is 40.1. The predicted octanol–water partition coefficient (Wildman–Crippen LogP) is 11.6. The second kappa shape index (κ2) is 24.3. The maximum atomic E-state index is 14.9. The third-order valence-electron chi connectivity index (χ3n) is 12.0. The maximum Gasteiger partial charge on any atom is 0.338 e. The van der Waals surface area contributed by atoms with Crippen molar-refractivity contribution in [2.24, 2.45) is 4.99 Å². The van der Waals surface area contributed by atoms with Crippen molar-refractivity contribution in [1.29, 1.82) is 0 Å². The Morgan fingerprint density at radius 3 is 2.08 bits per heavy atom. The second-order valence-corrected chi connectivity index (χ2v) is 20.1. The number of unbranched alkanes of at least 4 members (excludes halogenated alkanes) is 15. The van der Waals surface area contributed by atoms with Crippen molar-refractivity contribution in [3.05, 3.63) is 84.2 Å². The summed E-state index contributed by atoms with van der Waals surface area (Å²) >= 11 is 0. The lowest BCUT2D eigenvalue weighted by Crippen LogP contribution is -2.47. The first-order valence-electron chi connectivity index (χ1n) is 23.9. The number of amidine groups is 1. The molecule has 1 amide bonds. The van der Waals surface area contributed by atoms with Gasteiger partial charge in [0.1, 0.15) is 16.4 Å². The highest BCUT2D eigenvalue weighted by molar-refractivity contribution is 7.90. The van der Waals surface area contributed by atoms with E-state index in [1.165, 1.54) is 91.9 Å². The molecule has 2 N–H and O–H groups in total. The Labute approximate surface area is 391 Å². The van der Waals surface area contributed by atoms with Gasteiger partial charge in [0.25, 0.3) is 15.9 Å². The van der Waals surface area contributed by atoms with Gasteiger partial charge in [0.05, 0.1) is 36.3 Å². The summed E-state index contributed by atoms with van der Waals surface area (Å²) in [6.07, 6.45) is 21.8. The van der Waals surface area contributed by atoms with Gasteiger partial charge < -0.3 is 29.4 Å². The van der Waals surface area contributed by atoms with Crippen LogP contribution < -0.4 is 24.3 Å². The zero-order chi connectivity index (χ0) is 46.9. The molecule has 2 aliphatic heterocycles. The Morgan fingerprint density at radius 1 is 0.788 bits per heavy atom. The average molecular weight is 928 g/mol. The average Bonchev–Trinajstić information content (AvgIpc) is 3.98. The van der Waals surface area contributed by atoms with Gasteiger partial charge in [-0.3, -0.25) is 13.8 Å². The molecule has 6 rings (SSSR count). The fraction of sp³-hybridized carbons (Fsp3) is 0.529. The number of sulfonamides is 1. The van der Waals surface area contributed by atoms with Crippen LogP contribution in [0.25, 0.3) is 0 Å². The van der Waals surface area contributed by atoms with Crippen LogP contribution in [0.1, 0.15) is 159 Å². The molecule has 3 aromatic carbocycles. The first-order valence-corrected chi connectivity index (χ1v) is 25.4. The van der Waals surface area contributed by atoms with E-state index in [2.05, 4.69) is 38.1 Å². The number of aliphatic imine (C=N–C) groups is 1. The fourth-order valence-corrected chi connectivity index (χ4v) is 9.81. The molecule has 1 aromatic heterocycles. The van der Waals surface area contributed by atoms with Crippen molar-refractivity contribution in [3.8, 4) is 23.0 Å². The number of rotatable bonds is 28. The molecule has 15 heteroatoms. The number of carbonyl (C=O) groups is 2. The highest BCUT2D eigenvalue weighted by atomic mass is 32.2. The van der Waals surface area contributed by atoms with Crippen molar-refractivity contribution in [3.63, 3.8) is 0 Å². The third-order valence-corrected chi connectivity index (χ3v) is 13.9. The molecular formula is C51H69N5O9S. The molecule has 0 radical (unpaired) electrons. The normalized spacial score (nSPS) is 14.4. The molecule has 0 fully saturated rings. The van der Waals surface area contributed by atoms with Gasteiger partial charge in [-0.15, -0.1) is 0 Å². The number of carboxylic acids is 1. The number of amides is 1. The summed E-state index contributed by atoms with van der Waals surface area (Å²) in [4.78, 5) is 31.9. The van der Waals surface area contributed by atoms with Crippen molar-refractivity contribution in [2.75, 3.05) is 31.9 Å². The Bertz CT molecular complexity index is 2360. The van der Waals surface area contributed by atoms with Crippen molar-refractivity contribution >= 4 is 39.1 Å². The number of hydrogen-bond donors (Lipinski definition) is 2. The summed E-state index contributed by atoms with van der Waals surface area (Å²) in [5, 5.41) is 17.2. The fourth-order valence-electron chi connectivity index (χ4n) is 8.19. The lowest BCUT2D eigenvalue weighted by atomic mass is 9.87. The van der Waals surface area contributed by atoms with Crippen LogP contribution in [0.15, 0.2) is 82.9 Å². The molecule has 1 atom stereocenters. The van der Waals surface area contributed by atoms with E-state index >= 15 is 0 Å². The maximum absolute atomic E-state index is 14.9. The second-order valence-electron chi connectivity index (χ2n) is 18.3. The van der Waals surface area contributed by atoms with E-state index < -0.39 is 27.9 Å². The minimum Gasteiger partial charge on any atom is -0.493 e. The molecule has 14 nitrogen and oxygen atoms in total. The number of nitrogens with zero attached hydrogens (tertiary/aromatic N) is 4. The number of hydrogen-bond acceptors (Lipinski definition) is 10. The first-order chi connectivity index (χ1) is 31.9. The molecule has 66 heavy (non-hydrogen) atoms. The van der Waals surface area contributed by atoms with Crippen LogP contribution in [0.5, 0.6) is 23.0 Å². The summed E-state index contributed by atoms with van der Waals surface area (Å²) < 4.78 is 54.4. The van der Waals surface area contributed by atoms with Gasteiger partial charge >= 0.3 is 5.97 Å². The zero-order valence-electron chi connectivity index (χ0n) is 39.3. The number of anilines is 1.